The van der Waals surface area contributed by atoms with Crippen LogP contribution in [0.25, 0.3) is 0 Å². The van der Waals surface area contributed by atoms with E-state index in [2.05, 4.69) is 10.3 Å². The van der Waals surface area contributed by atoms with Crippen molar-refractivity contribution in [2.45, 2.75) is 25.1 Å². The van der Waals surface area contributed by atoms with Crippen LogP contribution in [-0.4, -0.2) is 24.2 Å². The molecule has 0 aliphatic carbocycles. The zero-order valence-electron chi connectivity index (χ0n) is 9.43. The molecule has 1 saturated heterocycles. The topological polar surface area (TPSA) is 34.2 Å². The monoisotopic (exact) mass is 264 g/mol. The minimum absolute atomic E-state index is 0.0338. The van der Waals surface area contributed by atoms with Gasteiger partial charge >= 0.3 is 6.18 Å². The summed E-state index contributed by atoms with van der Waals surface area (Å²) in [5, 5.41) is 2.66. The molecule has 1 aromatic heterocycles. The molecular weight excluding hydrogens is 252 g/mol. The van der Waals surface area contributed by atoms with E-state index >= 15 is 0 Å². The van der Waals surface area contributed by atoms with Crippen LogP contribution in [0.15, 0.2) is 12.3 Å². The quantitative estimate of drug-likeness (QED) is 0.852. The molecule has 3 nitrogen and oxygen atoms in total. The Morgan fingerprint density at radius 3 is 2.78 bits per heavy atom. The maximum absolute atomic E-state index is 13.4. The van der Waals surface area contributed by atoms with Crippen molar-refractivity contribution in [3.63, 3.8) is 0 Å². The van der Waals surface area contributed by atoms with Crippen LogP contribution in [0.5, 0.6) is 0 Å². The van der Waals surface area contributed by atoms with Crippen LogP contribution in [0.1, 0.15) is 18.4 Å². The first-order valence-electron chi connectivity index (χ1n) is 5.55. The van der Waals surface area contributed by atoms with Crippen molar-refractivity contribution < 1.29 is 22.3 Å². The summed E-state index contributed by atoms with van der Waals surface area (Å²) in [5.74, 6) is -1.19. The van der Waals surface area contributed by atoms with Gasteiger partial charge in [-0.1, -0.05) is 0 Å². The van der Waals surface area contributed by atoms with Gasteiger partial charge in [-0.25, -0.2) is 9.37 Å². The molecule has 1 fully saturated rings. The minimum atomic E-state index is -4.58. The maximum atomic E-state index is 13.4. The fourth-order valence-electron chi connectivity index (χ4n) is 1.74. The summed E-state index contributed by atoms with van der Waals surface area (Å²) in [5.41, 5.74) is -1.09. The van der Waals surface area contributed by atoms with E-state index in [-0.39, 0.29) is 11.9 Å². The Kier molecular flexibility index (Phi) is 3.70. The largest absolute Gasteiger partial charge is 0.417 e. The van der Waals surface area contributed by atoms with Crippen LogP contribution < -0.4 is 5.32 Å². The molecule has 0 spiro atoms. The van der Waals surface area contributed by atoms with E-state index in [9.17, 15) is 17.6 Å². The van der Waals surface area contributed by atoms with Gasteiger partial charge in [0.1, 0.15) is 0 Å². The molecule has 1 aliphatic rings. The maximum Gasteiger partial charge on any atom is 0.417 e. The first-order valence-corrected chi connectivity index (χ1v) is 5.55. The number of anilines is 1. The first-order chi connectivity index (χ1) is 8.47. The number of hydrogen-bond acceptors (Lipinski definition) is 3. The second kappa shape index (κ2) is 5.09. The summed E-state index contributed by atoms with van der Waals surface area (Å²) in [6, 6.07) is 0.435. The lowest BCUT2D eigenvalue weighted by atomic mass is 10.2. The van der Waals surface area contributed by atoms with Gasteiger partial charge < -0.3 is 10.1 Å². The number of rotatable bonds is 3. The number of ether oxygens (including phenoxy) is 1. The molecule has 1 atom stereocenters. The lowest BCUT2D eigenvalue weighted by molar-refractivity contribution is -0.138. The van der Waals surface area contributed by atoms with Crippen LogP contribution >= 0.6 is 0 Å². The van der Waals surface area contributed by atoms with Crippen molar-refractivity contribution in [3.8, 4) is 0 Å². The van der Waals surface area contributed by atoms with Gasteiger partial charge in [-0.2, -0.15) is 13.2 Å². The van der Waals surface area contributed by atoms with Gasteiger partial charge in [0.2, 0.25) is 0 Å². The van der Waals surface area contributed by atoms with Crippen LogP contribution in [0, 0.1) is 5.82 Å². The zero-order chi connectivity index (χ0) is 13.2. The average Bonchev–Trinajstić information content (AvgIpc) is 2.79. The lowest BCUT2D eigenvalue weighted by Gasteiger charge is -2.13. The first kappa shape index (κ1) is 13.1. The summed E-state index contributed by atoms with van der Waals surface area (Å²) < 4.78 is 55.5. The van der Waals surface area contributed by atoms with E-state index in [0.29, 0.717) is 25.4 Å². The van der Waals surface area contributed by atoms with Crippen molar-refractivity contribution in [1.29, 1.82) is 0 Å². The SMILES string of the molecule is Fc1cc(C(F)(F)F)cnc1NCC1CCCO1. The second-order valence-corrected chi connectivity index (χ2v) is 4.07. The smallest absolute Gasteiger partial charge is 0.376 e. The summed E-state index contributed by atoms with van der Waals surface area (Å²) in [6.45, 7) is 1.00. The second-order valence-electron chi connectivity index (χ2n) is 4.07. The van der Waals surface area contributed by atoms with Gasteiger partial charge in [-0.3, -0.25) is 0 Å². The van der Waals surface area contributed by atoms with Gasteiger partial charge in [0.05, 0.1) is 11.7 Å². The Labute approximate surface area is 101 Å². The van der Waals surface area contributed by atoms with Crippen molar-refractivity contribution in [3.05, 3.63) is 23.6 Å². The minimum Gasteiger partial charge on any atom is -0.376 e. The molecule has 0 radical (unpaired) electrons. The molecule has 18 heavy (non-hydrogen) atoms. The molecule has 2 rings (SSSR count). The molecule has 7 heteroatoms. The number of hydrogen-bond donors (Lipinski definition) is 1. The predicted molar refractivity (Wildman–Crippen MR) is 56.7 cm³/mol. The third kappa shape index (κ3) is 3.10. The normalized spacial score (nSPS) is 20.1. The van der Waals surface area contributed by atoms with Crippen molar-refractivity contribution in [1.82, 2.24) is 4.98 Å². The molecule has 1 unspecified atom stereocenters. The Morgan fingerprint density at radius 1 is 1.44 bits per heavy atom. The molecule has 0 amide bonds. The van der Waals surface area contributed by atoms with Gasteiger partial charge in [-0.15, -0.1) is 0 Å². The highest BCUT2D eigenvalue weighted by molar-refractivity contribution is 5.38. The molecular formula is C11H12F4N2O. The summed E-state index contributed by atoms with van der Waals surface area (Å²) >= 11 is 0. The van der Waals surface area contributed by atoms with Crippen LogP contribution in [-0.2, 0) is 10.9 Å². The van der Waals surface area contributed by atoms with Gasteiger partial charge in [0.25, 0.3) is 0 Å². The van der Waals surface area contributed by atoms with Crippen LogP contribution in [0.4, 0.5) is 23.4 Å². The molecule has 2 heterocycles. The average molecular weight is 264 g/mol. The number of nitrogens with one attached hydrogen (secondary N) is 1. The van der Waals surface area contributed by atoms with E-state index in [1.54, 1.807) is 0 Å². The molecule has 1 aliphatic heterocycles. The molecule has 0 aromatic carbocycles. The van der Waals surface area contributed by atoms with E-state index < -0.39 is 17.6 Å². The molecule has 1 aromatic rings. The third-order valence-electron chi connectivity index (χ3n) is 2.69. The zero-order valence-corrected chi connectivity index (χ0v) is 9.43. The van der Waals surface area contributed by atoms with E-state index in [4.69, 9.17) is 4.74 Å². The molecule has 1 N–H and O–H groups in total. The third-order valence-corrected chi connectivity index (χ3v) is 2.69. The van der Waals surface area contributed by atoms with Crippen molar-refractivity contribution in [2.24, 2.45) is 0 Å². The lowest BCUT2D eigenvalue weighted by Crippen LogP contribution is -2.20. The van der Waals surface area contributed by atoms with Crippen LogP contribution in [0.3, 0.4) is 0 Å². The highest BCUT2D eigenvalue weighted by Crippen LogP contribution is 2.30. The van der Waals surface area contributed by atoms with Gasteiger partial charge in [0.15, 0.2) is 11.6 Å². The summed E-state index contributed by atoms with van der Waals surface area (Å²) in [4.78, 5) is 3.44. The Balaban J connectivity index is 2.01. The number of halogens is 4. The Bertz CT molecular complexity index is 416. The summed E-state index contributed by atoms with van der Waals surface area (Å²) in [7, 11) is 0. The number of pyridine rings is 1. The van der Waals surface area contributed by atoms with Gasteiger partial charge in [-0.05, 0) is 18.9 Å². The fraction of sp³-hybridized carbons (Fsp3) is 0.545. The highest BCUT2D eigenvalue weighted by Gasteiger charge is 2.32. The molecule has 100 valence electrons. The van der Waals surface area contributed by atoms with E-state index in [0.717, 1.165) is 12.8 Å². The Morgan fingerprint density at radius 2 is 2.22 bits per heavy atom. The van der Waals surface area contributed by atoms with Gasteiger partial charge in [0, 0.05) is 19.3 Å². The molecule has 0 bridgehead atoms. The highest BCUT2D eigenvalue weighted by atomic mass is 19.4. The van der Waals surface area contributed by atoms with E-state index in [1.807, 2.05) is 0 Å². The van der Waals surface area contributed by atoms with Crippen molar-refractivity contribution in [2.75, 3.05) is 18.5 Å². The predicted octanol–water partition coefficient (Wildman–Crippen LogP) is 2.83. The molecule has 0 saturated carbocycles. The van der Waals surface area contributed by atoms with E-state index in [1.165, 1.54) is 0 Å². The Hall–Kier alpha value is -1.37. The summed E-state index contributed by atoms with van der Waals surface area (Å²) in [6.07, 6.45) is -2.21. The standard InChI is InChI=1S/C11H12F4N2O/c12-9-4-7(11(13,14)15)5-16-10(9)17-6-8-2-1-3-18-8/h4-5,8H,1-3,6H2,(H,16,17). The fourth-order valence-corrected chi connectivity index (χ4v) is 1.74. The number of aromatic nitrogens is 1. The van der Waals surface area contributed by atoms with Crippen LogP contribution in [0.2, 0.25) is 0 Å². The number of alkyl halides is 3. The van der Waals surface area contributed by atoms with Crippen molar-refractivity contribution >= 4 is 5.82 Å². The number of nitrogens with zero attached hydrogens (tertiary/aromatic N) is 1.